The Labute approximate surface area is 156 Å². The number of hydrogen-bond donors (Lipinski definition) is 1. The lowest BCUT2D eigenvalue weighted by atomic mass is 10.2. The molecule has 1 aromatic carbocycles. The van der Waals surface area contributed by atoms with E-state index in [1.54, 1.807) is 32.0 Å². The molecule has 0 saturated heterocycles. The molecule has 0 spiro atoms. The van der Waals surface area contributed by atoms with Crippen molar-refractivity contribution in [3.63, 3.8) is 0 Å². The number of carbonyl (C=O) groups is 1. The minimum Gasteiger partial charge on any atom is -0.467 e. The van der Waals surface area contributed by atoms with Gasteiger partial charge in [-0.2, -0.15) is 4.31 Å². The van der Waals surface area contributed by atoms with Crippen LogP contribution in [0.5, 0.6) is 0 Å². The summed E-state index contributed by atoms with van der Waals surface area (Å²) < 4.78 is 31.7. The normalized spacial score (nSPS) is 11.8. The number of benzene rings is 1. The van der Waals surface area contributed by atoms with Gasteiger partial charge >= 0.3 is 0 Å². The summed E-state index contributed by atoms with van der Waals surface area (Å²) in [4.78, 5) is 11.9. The molecule has 2 aromatic rings. The third-order valence-electron chi connectivity index (χ3n) is 3.66. The van der Waals surface area contributed by atoms with Gasteiger partial charge in [0.25, 0.3) is 0 Å². The lowest BCUT2D eigenvalue weighted by Crippen LogP contribution is -2.38. The van der Waals surface area contributed by atoms with E-state index in [0.717, 1.165) is 4.31 Å². The lowest BCUT2D eigenvalue weighted by molar-refractivity contribution is -0.121. The fraction of sp³-hybridized carbons (Fsp3) is 0.312. The predicted molar refractivity (Wildman–Crippen MR) is 96.3 cm³/mol. The van der Waals surface area contributed by atoms with Gasteiger partial charge in [-0.15, -0.1) is 0 Å². The molecule has 136 valence electrons. The van der Waals surface area contributed by atoms with Crippen LogP contribution in [0.3, 0.4) is 0 Å². The summed E-state index contributed by atoms with van der Waals surface area (Å²) in [7, 11) is -2.67. The fourth-order valence-corrected chi connectivity index (χ4v) is 4.50. The van der Waals surface area contributed by atoms with Crippen LogP contribution in [-0.2, 0) is 21.4 Å². The van der Waals surface area contributed by atoms with Crippen molar-refractivity contribution in [3.05, 3.63) is 51.4 Å². The molecule has 0 saturated carbocycles. The van der Waals surface area contributed by atoms with E-state index >= 15 is 0 Å². The van der Waals surface area contributed by atoms with Crippen molar-refractivity contribution in [2.24, 2.45) is 0 Å². The topological polar surface area (TPSA) is 79.6 Å². The van der Waals surface area contributed by atoms with Gasteiger partial charge in [0.2, 0.25) is 15.9 Å². The van der Waals surface area contributed by atoms with Crippen LogP contribution in [0.4, 0.5) is 0 Å². The first kappa shape index (κ1) is 19.8. The molecule has 0 aliphatic rings. The molecule has 0 unspecified atom stereocenters. The molecule has 2 rings (SSSR count). The molecular formula is C16H18Cl2N2O4S. The second-order valence-electron chi connectivity index (χ2n) is 5.56. The van der Waals surface area contributed by atoms with E-state index in [0.29, 0.717) is 21.9 Å². The van der Waals surface area contributed by atoms with Crippen molar-refractivity contribution in [2.45, 2.75) is 25.3 Å². The maximum atomic E-state index is 12.8. The van der Waals surface area contributed by atoms with Crippen LogP contribution in [0.2, 0.25) is 10.0 Å². The van der Waals surface area contributed by atoms with Gasteiger partial charge in [-0.25, -0.2) is 8.42 Å². The predicted octanol–water partition coefficient (Wildman–Crippen LogP) is 3.14. The number of amides is 1. The van der Waals surface area contributed by atoms with Gasteiger partial charge in [0.15, 0.2) is 0 Å². The number of aryl methyl sites for hydroxylation is 1. The third-order valence-corrected chi connectivity index (χ3v) is 6.63. The largest absolute Gasteiger partial charge is 0.467 e. The summed E-state index contributed by atoms with van der Waals surface area (Å²) in [5, 5.41) is 3.00. The summed E-state index contributed by atoms with van der Waals surface area (Å²) in [5.41, 5.74) is 0.895. The van der Waals surface area contributed by atoms with Gasteiger partial charge in [-0.1, -0.05) is 23.2 Å². The van der Waals surface area contributed by atoms with E-state index in [1.165, 1.54) is 13.3 Å². The number of carbonyl (C=O) groups excluding carboxylic acids is 1. The standard InChI is InChI=1S/C16H18Cl2N2O4S/c1-10-7-13(17)11(2)16(15(10)18)25(22,23)20(3)9-14(21)19-8-12-5-4-6-24-12/h4-7H,8-9H2,1-3H3,(H,19,21). The van der Waals surface area contributed by atoms with Crippen molar-refractivity contribution in [1.82, 2.24) is 9.62 Å². The Balaban J connectivity index is 2.18. The van der Waals surface area contributed by atoms with Crippen molar-refractivity contribution in [3.8, 4) is 0 Å². The van der Waals surface area contributed by atoms with Gasteiger partial charge in [-0.3, -0.25) is 4.79 Å². The maximum Gasteiger partial charge on any atom is 0.245 e. The number of hydrogen-bond acceptors (Lipinski definition) is 4. The number of sulfonamides is 1. The molecule has 0 aliphatic carbocycles. The minimum atomic E-state index is -3.98. The molecule has 25 heavy (non-hydrogen) atoms. The molecule has 6 nitrogen and oxygen atoms in total. The number of halogens is 2. The average molecular weight is 405 g/mol. The van der Waals surface area contributed by atoms with Crippen LogP contribution in [-0.4, -0.2) is 32.2 Å². The highest BCUT2D eigenvalue weighted by molar-refractivity contribution is 7.89. The molecule has 0 bridgehead atoms. The number of likely N-dealkylation sites (N-methyl/N-ethyl adjacent to an activating group) is 1. The van der Waals surface area contributed by atoms with E-state index in [-0.39, 0.29) is 23.0 Å². The fourth-order valence-electron chi connectivity index (χ4n) is 2.22. The van der Waals surface area contributed by atoms with Gasteiger partial charge in [0.1, 0.15) is 10.7 Å². The monoisotopic (exact) mass is 404 g/mol. The van der Waals surface area contributed by atoms with Gasteiger partial charge in [0.05, 0.1) is 24.4 Å². The summed E-state index contributed by atoms with van der Waals surface area (Å²) in [6, 6.07) is 5.01. The van der Waals surface area contributed by atoms with Gasteiger partial charge in [-0.05, 0) is 43.2 Å². The second kappa shape index (κ2) is 7.78. The Morgan fingerprint density at radius 3 is 2.60 bits per heavy atom. The zero-order valence-corrected chi connectivity index (χ0v) is 16.3. The van der Waals surface area contributed by atoms with E-state index < -0.39 is 15.9 Å². The highest BCUT2D eigenvalue weighted by Gasteiger charge is 2.29. The van der Waals surface area contributed by atoms with Crippen LogP contribution in [0.1, 0.15) is 16.9 Å². The quantitative estimate of drug-likeness (QED) is 0.801. The molecule has 1 heterocycles. The van der Waals surface area contributed by atoms with Crippen LogP contribution < -0.4 is 5.32 Å². The number of nitrogens with zero attached hydrogens (tertiary/aromatic N) is 1. The van der Waals surface area contributed by atoms with E-state index in [4.69, 9.17) is 27.6 Å². The second-order valence-corrected chi connectivity index (χ2v) is 8.33. The molecule has 9 heteroatoms. The number of furan rings is 1. The SMILES string of the molecule is Cc1cc(Cl)c(C)c(S(=O)(=O)N(C)CC(=O)NCc2ccco2)c1Cl. The first-order valence-electron chi connectivity index (χ1n) is 7.35. The molecule has 1 amide bonds. The first-order valence-corrected chi connectivity index (χ1v) is 9.54. The first-order chi connectivity index (χ1) is 11.6. The Hall–Kier alpha value is -1.54. The zero-order chi connectivity index (χ0) is 18.8. The Morgan fingerprint density at radius 2 is 2.00 bits per heavy atom. The maximum absolute atomic E-state index is 12.8. The molecule has 0 radical (unpaired) electrons. The Morgan fingerprint density at radius 1 is 1.32 bits per heavy atom. The number of nitrogens with one attached hydrogen (secondary N) is 1. The highest BCUT2D eigenvalue weighted by Crippen LogP contribution is 2.34. The van der Waals surface area contributed by atoms with Crippen molar-refractivity contribution in [2.75, 3.05) is 13.6 Å². The lowest BCUT2D eigenvalue weighted by Gasteiger charge is -2.20. The molecule has 1 aromatic heterocycles. The van der Waals surface area contributed by atoms with Gasteiger partial charge < -0.3 is 9.73 Å². The zero-order valence-electron chi connectivity index (χ0n) is 14.0. The van der Waals surface area contributed by atoms with Crippen LogP contribution in [0.25, 0.3) is 0 Å². The third kappa shape index (κ3) is 4.36. The highest BCUT2D eigenvalue weighted by atomic mass is 35.5. The van der Waals surface area contributed by atoms with E-state index in [1.807, 2.05) is 0 Å². The van der Waals surface area contributed by atoms with Crippen molar-refractivity contribution < 1.29 is 17.6 Å². The minimum absolute atomic E-state index is 0.0829. The summed E-state index contributed by atoms with van der Waals surface area (Å²) in [6.07, 6.45) is 1.49. The smallest absolute Gasteiger partial charge is 0.245 e. The van der Waals surface area contributed by atoms with Gasteiger partial charge in [0, 0.05) is 12.1 Å². The Kier molecular flexibility index (Phi) is 6.16. The van der Waals surface area contributed by atoms with Crippen molar-refractivity contribution >= 4 is 39.1 Å². The van der Waals surface area contributed by atoms with E-state index in [2.05, 4.69) is 5.32 Å². The average Bonchev–Trinajstić information content (AvgIpc) is 3.04. The molecule has 0 aliphatic heterocycles. The molecule has 0 atom stereocenters. The molecular weight excluding hydrogens is 387 g/mol. The van der Waals surface area contributed by atoms with Crippen LogP contribution in [0.15, 0.2) is 33.8 Å². The Bertz CT molecular complexity index is 854. The van der Waals surface area contributed by atoms with Crippen LogP contribution >= 0.6 is 23.2 Å². The summed E-state index contributed by atoms with van der Waals surface area (Å²) in [5.74, 6) is 0.109. The number of rotatable bonds is 6. The van der Waals surface area contributed by atoms with Crippen molar-refractivity contribution in [1.29, 1.82) is 0 Å². The molecule has 1 N–H and O–H groups in total. The van der Waals surface area contributed by atoms with E-state index in [9.17, 15) is 13.2 Å². The summed E-state index contributed by atoms with van der Waals surface area (Å²) in [6.45, 7) is 3.06. The summed E-state index contributed by atoms with van der Waals surface area (Å²) >= 11 is 12.3. The molecule has 0 fully saturated rings. The van der Waals surface area contributed by atoms with Crippen LogP contribution in [0, 0.1) is 13.8 Å².